The van der Waals surface area contributed by atoms with Crippen LogP contribution < -0.4 is 5.73 Å². The fourth-order valence-electron chi connectivity index (χ4n) is 1.41. The molecular weight excluding hydrogens is 222 g/mol. The number of thiazole rings is 1. The maximum atomic E-state index is 5.78. The summed E-state index contributed by atoms with van der Waals surface area (Å²) in [5.74, 6) is 1.65. The normalized spacial score (nSPS) is 13.0. The minimum Gasteiger partial charge on any atom is -0.322 e. The Bertz CT molecular complexity index is 485. The zero-order valence-electron chi connectivity index (χ0n) is 9.64. The second-order valence-corrected chi connectivity index (χ2v) is 4.58. The SMILES string of the molecule is CCc1nc(-c2csc(C(C)N)n2)n(C)n1. The van der Waals surface area contributed by atoms with Crippen LogP contribution in [-0.4, -0.2) is 19.7 Å². The van der Waals surface area contributed by atoms with Gasteiger partial charge >= 0.3 is 0 Å². The lowest BCUT2D eigenvalue weighted by Gasteiger charge is -1.97. The van der Waals surface area contributed by atoms with Gasteiger partial charge in [-0.3, -0.25) is 0 Å². The molecule has 0 bridgehead atoms. The Hall–Kier alpha value is -1.27. The van der Waals surface area contributed by atoms with Crippen molar-refractivity contribution in [1.29, 1.82) is 0 Å². The van der Waals surface area contributed by atoms with E-state index in [1.165, 1.54) is 0 Å². The van der Waals surface area contributed by atoms with Crippen LogP contribution in [0.2, 0.25) is 0 Å². The van der Waals surface area contributed by atoms with Gasteiger partial charge < -0.3 is 5.73 Å². The summed E-state index contributed by atoms with van der Waals surface area (Å²) >= 11 is 1.56. The fourth-order valence-corrected chi connectivity index (χ4v) is 2.17. The van der Waals surface area contributed by atoms with E-state index >= 15 is 0 Å². The molecule has 1 unspecified atom stereocenters. The number of rotatable bonds is 3. The van der Waals surface area contributed by atoms with E-state index in [9.17, 15) is 0 Å². The first-order valence-corrected chi connectivity index (χ1v) is 6.11. The van der Waals surface area contributed by atoms with Gasteiger partial charge in [-0.2, -0.15) is 5.10 Å². The molecule has 0 aliphatic carbocycles. The van der Waals surface area contributed by atoms with E-state index in [1.54, 1.807) is 16.0 Å². The van der Waals surface area contributed by atoms with Gasteiger partial charge in [-0.1, -0.05) is 6.92 Å². The fraction of sp³-hybridized carbons (Fsp3) is 0.500. The van der Waals surface area contributed by atoms with E-state index in [0.29, 0.717) is 0 Å². The summed E-state index contributed by atoms with van der Waals surface area (Å²) in [5.41, 5.74) is 6.63. The molecule has 0 aromatic carbocycles. The van der Waals surface area contributed by atoms with E-state index in [-0.39, 0.29) is 6.04 Å². The molecule has 1 atom stereocenters. The number of aryl methyl sites for hydroxylation is 2. The average Bonchev–Trinajstić information content (AvgIpc) is 2.83. The third-order valence-corrected chi connectivity index (χ3v) is 3.31. The number of nitrogens with zero attached hydrogens (tertiary/aromatic N) is 4. The van der Waals surface area contributed by atoms with Crippen molar-refractivity contribution in [2.75, 3.05) is 0 Å². The summed E-state index contributed by atoms with van der Waals surface area (Å²) in [4.78, 5) is 8.89. The largest absolute Gasteiger partial charge is 0.322 e. The van der Waals surface area contributed by atoms with Crippen molar-refractivity contribution >= 4 is 11.3 Å². The van der Waals surface area contributed by atoms with Crippen LogP contribution in [-0.2, 0) is 13.5 Å². The lowest BCUT2D eigenvalue weighted by atomic mass is 10.4. The van der Waals surface area contributed by atoms with Gasteiger partial charge in [0, 0.05) is 18.8 Å². The third kappa shape index (κ3) is 1.98. The first-order valence-electron chi connectivity index (χ1n) is 5.23. The van der Waals surface area contributed by atoms with Crippen molar-refractivity contribution in [2.45, 2.75) is 26.3 Å². The van der Waals surface area contributed by atoms with Crippen molar-refractivity contribution in [1.82, 2.24) is 19.7 Å². The molecule has 86 valence electrons. The third-order valence-electron chi connectivity index (χ3n) is 2.26. The molecule has 16 heavy (non-hydrogen) atoms. The number of hydrogen-bond acceptors (Lipinski definition) is 5. The molecule has 0 fully saturated rings. The van der Waals surface area contributed by atoms with Crippen LogP contribution >= 0.6 is 11.3 Å². The van der Waals surface area contributed by atoms with Crippen LogP contribution in [0.15, 0.2) is 5.38 Å². The number of aromatic nitrogens is 4. The van der Waals surface area contributed by atoms with Crippen molar-refractivity contribution in [3.8, 4) is 11.5 Å². The Labute approximate surface area is 98.3 Å². The highest BCUT2D eigenvalue weighted by Gasteiger charge is 2.13. The Morgan fingerprint density at radius 1 is 1.50 bits per heavy atom. The Kier molecular flexibility index (Phi) is 3.02. The van der Waals surface area contributed by atoms with Crippen molar-refractivity contribution in [3.05, 3.63) is 16.2 Å². The summed E-state index contributed by atoms with van der Waals surface area (Å²) in [7, 11) is 1.88. The van der Waals surface area contributed by atoms with Crippen molar-refractivity contribution in [2.24, 2.45) is 12.8 Å². The van der Waals surface area contributed by atoms with E-state index < -0.39 is 0 Å². The zero-order chi connectivity index (χ0) is 11.7. The average molecular weight is 237 g/mol. The highest BCUT2D eigenvalue weighted by atomic mass is 32.1. The topological polar surface area (TPSA) is 69.6 Å². The van der Waals surface area contributed by atoms with Crippen molar-refractivity contribution < 1.29 is 0 Å². The number of hydrogen-bond donors (Lipinski definition) is 1. The summed E-state index contributed by atoms with van der Waals surface area (Å²) < 4.78 is 1.76. The Morgan fingerprint density at radius 2 is 2.25 bits per heavy atom. The molecular formula is C10H15N5S. The molecule has 2 N–H and O–H groups in total. The van der Waals surface area contributed by atoms with Crippen LogP contribution in [0.5, 0.6) is 0 Å². The standard InChI is InChI=1S/C10H15N5S/c1-4-8-13-9(15(3)14-8)7-5-16-10(12-7)6(2)11/h5-6H,4,11H2,1-3H3. The van der Waals surface area contributed by atoms with Gasteiger partial charge in [-0.25, -0.2) is 14.6 Å². The van der Waals surface area contributed by atoms with Gasteiger partial charge in [0.2, 0.25) is 0 Å². The molecule has 0 aliphatic heterocycles. The van der Waals surface area contributed by atoms with Gasteiger partial charge in [-0.05, 0) is 6.92 Å². The van der Waals surface area contributed by atoms with Crippen LogP contribution in [0, 0.1) is 0 Å². The zero-order valence-corrected chi connectivity index (χ0v) is 10.5. The Balaban J connectivity index is 2.38. The molecule has 0 aliphatic rings. The van der Waals surface area contributed by atoms with Gasteiger partial charge in [0.15, 0.2) is 11.6 Å². The second kappa shape index (κ2) is 4.31. The summed E-state index contributed by atoms with van der Waals surface area (Å²) in [6.07, 6.45) is 0.831. The van der Waals surface area contributed by atoms with Crippen LogP contribution in [0.3, 0.4) is 0 Å². The predicted molar refractivity (Wildman–Crippen MR) is 64.1 cm³/mol. The molecule has 0 radical (unpaired) electrons. The Morgan fingerprint density at radius 3 is 2.75 bits per heavy atom. The first-order chi connectivity index (χ1) is 7.61. The molecule has 0 spiro atoms. The van der Waals surface area contributed by atoms with E-state index in [1.807, 2.05) is 26.3 Å². The lowest BCUT2D eigenvalue weighted by Crippen LogP contribution is -2.04. The molecule has 2 aromatic rings. The minimum atomic E-state index is -0.0300. The molecule has 5 nitrogen and oxygen atoms in total. The molecule has 2 aromatic heterocycles. The molecule has 0 saturated carbocycles. The number of nitrogens with two attached hydrogens (primary N) is 1. The molecule has 2 rings (SSSR count). The smallest absolute Gasteiger partial charge is 0.177 e. The minimum absolute atomic E-state index is 0.0300. The lowest BCUT2D eigenvalue weighted by molar-refractivity contribution is 0.749. The highest BCUT2D eigenvalue weighted by molar-refractivity contribution is 7.10. The maximum absolute atomic E-state index is 5.78. The molecule has 2 heterocycles. The van der Waals surface area contributed by atoms with Gasteiger partial charge in [0.25, 0.3) is 0 Å². The summed E-state index contributed by atoms with van der Waals surface area (Å²) in [5, 5.41) is 7.20. The summed E-state index contributed by atoms with van der Waals surface area (Å²) in [6.45, 7) is 3.96. The summed E-state index contributed by atoms with van der Waals surface area (Å²) in [6, 6.07) is -0.0300. The second-order valence-electron chi connectivity index (χ2n) is 3.69. The van der Waals surface area contributed by atoms with E-state index in [4.69, 9.17) is 5.73 Å². The molecule has 0 amide bonds. The highest BCUT2D eigenvalue weighted by Crippen LogP contribution is 2.22. The van der Waals surface area contributed by atoms with Crippen molar-refractivity contribution in [3.63, 3.8) is 0 Å². The molecule has 0 saturated heterocycles. The molecule has 6 heteroatoms. The monoisotopic (exact) mass is 237 g/mol. The van der Waals surface area contributed by atoms with Crippen LogP contribution in [0.4, 0.5) is 0 Å². The van der Waals surface area contributed by atoms with E-state index in [2.05, 4.69) is 15.1 Å². The van der Waals surface area contributed by atoms with Gasteiger partial charge in [0.05, 0.1) is 6.04 Å². The van der Waals surface area contributed by atoms with Gasteiger partial charge in [-0.15, -0.1) is 11.3 Å². The predicted octanol–water partition coefficient (Wildman–Crippen LogP) is 1.52. The maximum Gasteiger partial charge on any atom is 0.177 e. The van der Waals surface area contributed by atoms with Crippen LogP contribution in [0.1, 0.15) is 30.7 Å². The van der Waals surface area contributed by atoms with Gasteiger partial charge in [0.1, 0.15) is 10.7 Å². The van der Waals surface area contributed by atoms with E-state index in [0.717, 1.165) is 28.8 Å². The first kappa shape index (κ1) is 11.2. The quantitative estimate of drug-likeness (QED) is 0.878. The van der Waals surface area contributed by atoms with Crippen LogP contribution in [0.25, 0.3) is 11.5 Å².